The van der Waals surface area contributed by atoms with Gasteiger partial charge in [-0.1, -0.05) is 6.92 Å². The van der Waals surface area contributed by atoms with Crippen LogP contribution in [0.1, 0.15) is 40.0 Å². The van der Waals surface area contributed by atoms with Crippen LogP contribution >= 0.6 is 0 Å². The highest BCUT2D eigenvalue weighted by Gasteiger charge is 2.11. The van der Waals surface area contributed by atoms with Crippen LogP contribution < -0.4 is 5.73 Å². The van der Waals surface area contributed by atoms with Gasteiger partial charge in [-0.25, -0.2) is 0 Å². The van der Waals surface area contributed by atoms with Crippen molar-refractivity contribution in [3.8, 4) is 0 Å². The summed E-state index contributed by atoms with van der Waals surface area (Å²) >= 11 is 0. The van der Waals surface area contributed by atoms with Gasteiger partial charge in [0.05, 0.1) is 6.61 Å². The molecule has 0 aromatic rings. The first-order chi connectivity index (χ1) is 7.11. The molecule has 0 aliphatic carbocycles. The molecule has 0 aromatic carbocycles. The van der Waals surface area contributed by atoms with Gasteiger partial charge in [0.15, 0.2) is 0 Å². The number of ether oxygens (including phenoxy) is 1. The molecule has 0 bridgehead atoms. The van der Waals surface area contributed by atoms with Crippen LogP contribution in [0, 0.1) is 0 Å². The summed E-state index contributed by atoms with van der Waals surface area (Å²) < 4.78 is 5.13. The van der Waals surface area contributed by atoms with E-state index in [2.05, 4.69) is 25.7 Å². The normalized spacial score (nSPS) is 15.6. The Balaban J connectivity index is 3.79. The molecule has 2 N–H and O–H groups in total. The topological polar surface area (TPSA) is 38.5 Å². The Morgan fingerprint density at radius 3 is 2.40 bits per heavy atom. The molecule has 0 saturated carbocycles. The van der Waals surface area contributed by atoms with Crippen molar-refractivity contribution < 1.29 is 4.74 Å². The highest BCUT2D eigenvalue weighted by Crippen LogP contribution is 2.06. The summed E-state index contributed by atoms with van der Waals surface area (Å²) in [6.07, 6.45) is 3.49. The Bertz CT molecular complexity index is 140. The van der Waals surface area contributed by atoms with E-state index in [9.17, 15) is 0 Å². The summed E-state index contributed by atoms with van der Waals surface area (Å²) in [6.45, 7) is 9.58. The SMILES string of the molecule is CCC(C)N(CCCC(C)N)CCOC. The lowest BCUT2D eigenvalue weighted by Crippen LogP contribution is -2.36. The molecule has 0 heterocycles. The quantitative estimate of drug-likeness (QED) is 0.639. The molecule has 2 atom stereocenters. The maximum absolute atomic E-state index is 5.74. The highest BCUT2D eigenvalue weighted by molar-refractivity contribution is 4.66. The van der Waals surface area contributed by atoms with Crippen LogP contribution in [0.5, 0.6) is 0 Å². The van der Waals surface area contributed by atoms with Gasteiger partial charge in [0.1, 0.15) is 0 Å². The molecule has 0 aliphatic rings. The van der Waals surface area contributed by atoms with Crippen LogP contribution in [0.25, 0.3) is 0 Å². The summed E-state index contributed by atoms with van der Waals surface area (Å²) in [5.41, 5.74) is 5.74. The molecule has 0 radical (unpaired) electrons. The first kappa shape index (κ1) is 14.9. The number of nitrogens with two attached hydrogens (primary N) is 1. The largest absolute Gasteiger partial charge is 0.383 e. The minimum absolute atomic E-state index is 0.325. The Hall–Kier alpha value is -0.120. The minimum Gasteiger partial charge on any atom is -0.383 e. The standard InChI is InChI=1S/C12H28N2O/c1-5-12(3)14(9-10-15-4)8-6-7-11(2)13/h11-12H,5-10,13H2,1-4H3. The average Bonchev–Trinajstić information content (AvgIpc) is 2.21. The van der Waals surface area contributed by atoms with Crippen LogP contribution in [0.4, 0.5) is 0 Å². The van der Waals surface area contributed by atoms with Crippen molar-refractivity contribution in [1.82, 2.24) is 4.90 Å². The van der Waals surface area contributed by atoms with Gasteiger partial charge in [-0.3, -0.25) is 4.90 Å². The van der Waals surface area contributed by atoms with Crippen LogP contribution in [0.3, 0.4) is 0 Å². The van der Waals surface area contributed by atoms with E-state index in [4.69, 9.17) is 10.5 Å². The van der Waals surface area contributed by atoms with Crippen molar-refractivity contribution in [2.24, 2.45) is 5.73 Å². The molecule has 0 aliphatic heterocycles. The predicted molar refractivity (Wildman–Crippen MR) is 66.1 cm³/mol. The van der Waals surface area contributed by atoms with Gasteiger partial charge in [-0.05, 0) is 39.7 Å². The number of nitrogens with zero attached hydrogens (tertiary/aromatic N) is 1. The van der Waals surface area contributed by atoms with Crippen molar-refractivity contribution in [3.05, 3.63) is 0 Å². The number of rotatable bonds is 9. The van der Waals surface area contributed by atoms with Crippen LogP contribution in [-0.4, -0.2) is 43.8 Å². The monoisotopic (exact) mass is 216 g/mol. The van der Waals surface area contributed by atoms with Crippen LogP contribution in [0.2, 0.25) is 0 Å². The summed E-state index contributed by atoms with van der Waals surface area (Å²) in [5.74, 6) is 0. The summed E-state index contributed by atoms with van der Waals surface area (Å²) in [4.78, 5) is 2.49. The second-order valence-corrected chi connectivity index (χ2v) is 4.41. The van der Waals surface area contributed by atoms with E-state index in [1.165, 1.54) is 12.8 Å². The van der Waals surface area contributed by atoms with E-state index in [1.54, 1.807) is 7.11 Å². The lowest BCUT2D eigenvalue weighted by Gasteiger charge is -2.28. The third-order valence-corrected chi connectivity index (χ3v) is 2.90. The average molecular weight is 216 g/mol. The lowest BCUT2D eigenvalue weighted by atomic mass is 10.1. The molecular weight excluding hydrogens is 188 g/mol. The smallest absolute Gasteiger partial charge is 0.0589 e. The second kappa shape index (κ2) is 9.13. The van der Waals surface area contributed by atoms with E-state index in [0.717, 1.165) is 26.1 Å². The Labute approximate surface area is 95.0 Å². The van der Waals surface area contributed by atoms with Crippen LogP contribution in [0.15, 0.2) is 0 Å². The fourth-order valence-electron chi connectivity index (χ4n) is 1.64. The van der Waals surface area contributed by atoms with E-state index >= 15 is 0 Å². The molecule has 3 heteroatoms. The zero-order chi connectivity index (χ0) is 11.7. The maximum atomic E-state index is 5.74. The Morgan fingerprint density at radius 1 is 1.27 bits per heavy atom. The molecule has 0 rings (SSSR count). The molecule has 2 unspecified atom stereocenters. The van der Waals surface area contributed by atoms with Crippen molar-refractivity contribution in [2.75, 3.05) is 26.8 Å². The fraction of sp³-hybridized carbons (Fsp3) is 1.00. The number of methoxy groups -OCH3 is 1. The molecule has 0 amide bonds. The first-order valence-electron chi connectivity index (χ1n) is 6.10. The molecule has 0 aromatic heterocycles. The third-order valence-electron chi connectivity index (χ3n) is 2.90. The van der Waals surface area contributed by atoms with E-state index in [1.807, 2.05) is 0 Å². The molecule has 92 valence electrons. The molecule has 0 spiro atoms. The van der Waals surface area contributed by atoms with Gasteiger partial charge in [0.2, 0.25) is 0 Å². The van der Waals surface area contributed by atoms with E-state index < -0.39 is 0 Å². The van der Waals surface area contributed by atoms with Crippen molar-refractivity contribution in [3.63, 3.8) is 0 Å². The summed E-state index contributed by atoms with van der Waals surface area (Å²) in [6, 6.07) is 0.972. The molecule has 0 saturated heterocycles. The van der Waals surface area contributed by atoms with E-state index in [0.29, 0.717) is 12.1 Å². The summed E-state index contributed by atoms with van der Waals surface area (Å²) in [7, 11) is 1.76. The Morgan fingerprint density at radius 2 is 1.93 bits per heavy atom. The van der Waals surface area contributed by atoms with Crippen LogP contribution in [-0.2, 0) is 4.74 Å². The van der Waals surface area contributed by atoms with Gasteiger partial charge < -0.3 is 10.5 Å². The van der Waals surface area contributed by atoms with Crippen molar-refractivity contribution >= 4 is 0 Å². The fourth-order valence-corrected chi connectivity index (χ4v) is 1.64. The zero-order valence-corrected chi connectivity index (χ0v) is 10.8. The zero-order valence-electron chi connectivity index (χ0n) is 10.8. The predicted octanol–water partition coefficient (Wildman–Crippen LogP) is 1.86. The van der Waals surface area contributed by atoms with Crippen molar-refractivity contribution in [1.29, 1.82) is 0 Å². The van der Waals surface area contributed by atoms with Gasteiger partial charge >= 0.3 is 0 Å². The molecular formula is C12H28N2O. The third kappa shape index (κ3) is 7.77. The van der Waals surface area contributed by atoms with E-state index in [-0.39, 0.29) is 0 Å². The molecule has 3 nitrogen and oxygen atoms in total. The molecule has 15 heavy (non-hydrogen) atoms. The number of hydrogen-bond acceptors (Lipinski definition) is 3. The van der Waals surface area contributed by atoms with Gasteiger partial charge in [0, 0.05) is 25.7 Å². The maximum Gasteiger partial charge on any atom is 0.0589 e. The highest BCUT2D eigenvalue weighted by atomic mass is 16.5. The van der Waals surface area contributed by atoms with Crippen molar-refractivity contribution in [2.45, 2.75) is 52.1 Å². The molecule has 0 fully saturated rings. The van der Waals surface area contributed by atoms with Gasteiger partial charge in [-0.15, -0.1) is 0 Å². The lowest BCUT2D eigenvalue weighted by molar-refractivity contribution is 0.121. The van der Waals surface area contributed by atoms with Gasteiger partial charge in [-0.2, -0.15) is 0 Å². The minimum atomic E-state index is 0.325. The Kier molecular flexibility index (Phi) is 9.06. The number of hydrogen-bond donors (Lipinski definition) is 1. The first-order valence-corrected chi connectivity index (χ1v) is 6.10. The summed E-state index contributed by atoms with van der Waals surface area (Å²) in [5, 5.41) is 0. The second-order valence-electron chi connectivity index (χ2n) is 4.41. The van der Waals surface area contributed by atoms with Gasteiger partial charge in [0.25, 0.3) is 0 Å².